The maximum Gasteiger partial charge on any atom is 0.0644 e. The lowest BCUT2D eigenvalue weighted by Crippen LogP contribution is -2.20. The predicted molar refractivity (Wildman–Crippen MR) is 72.4 cm³/mol. The summed E-state index contributed by atoms with van der Waals surface area (Å²) in [6.45, 7) is 4.17. The first-order chi connectivity index (χ1) is 8.63. The van der Waals surface area contributed by atoms with Gasteiger partial charge in [-0.25, -0.2) is 0 Å². The summed E-state index contributed by atoms with van der Waals surface area (Å²) < 4.78 is 1.94. The van der Waals surface area contributed by atoms with Crippen molar-refractivity contribution in [2.24, 2.45) is 7.05 Å². The lowest BCUT2D eigenvalue weighted by atomic mass is 10.00. The third-order valence-electron chi connectivity index (χ3n) is 3.40. The quantitative estimate of drug-likeness (QED) is 0.893. The Bertz CT molecular complexity index is 516. The number of rotatable bonds is 4. The van der Waals surface area contributed by atoms with Crippen LogP contribution in [0.4, 0.5) is 0 Å². The smallest absolute Gasteiger partial charge is 0.0644 e. The van der Waals surface area contributed by atoms with Crippen molar-refractivity contribution < 1.29 is 0 Å². The lowest BCUT2D eigenvalue weighted by Gasteiger charge is -2.16. The molecular weight excluding hydrogens is 224 g/mol. The molecule has 0 amide bonds. The van der Waals surface area contributed by atoms with E-state index in [1.165, 1.54) is 11.3 Å². The van der Waals surface area contributed by atoms with Gasteiger partial charge in [0.1, 0.15) is 0 Å². The van der Waals surface area contributed by atoms with E-state index in [1.807, 2.05) is 37.1 Å². The minimum atomic E-state index is 0.258. The molecule has 1 atom stereocenters. The predicted octanol–water partition coefficient (Wildman–Crippen LogP) is 1.94. The first-order valence-electron chi connectivity index (χ1n) is 6.20. The minimum Gasteiger partial charge on any atom is -0.313 e. The molecule has 4 nitrogen and oxygen atoms in total. The Kier molecular flexibility index (Phi) is 3.77. The summed E-state index contributed by atoms with van der Waals surface area (Å²) in [5, 5.41) is 7.85. The second-order valence-electron chi connectivity index (χ2n) is 4.57. The summed E-state index contributed by atoms with van der Waals surface area (Å²) >= 11 is 0. The molecular formula is C14H20N4. The molecule has 2 aromatic rings. The fraction of sp³-hybridized carbons (Fsp3) is 0.429. The van der Waals surface area contributed by atoms with Crippen LogP contribution in [-0.4, -0.2) is 21.8 Å². The number of pyridine rings is 1. The van der Waals surface area contributed by atoms with Crippen molar-refractivity contribution in [3.8, 4) is 0 Å². The van der Waals surface area contributed by atoms with Gasteiger partial charge in [0.15, 0.2) is 0 Å². The van der Waals surface area contributed by atoms with Gasteiger partial charge in [0.05, 0.1) is 5.69 Å². The van der Waals surface area contributed by atoms with E-state index in [-0.39, 0.29) is 6.04 Å². The van der Waals surface area contributed by atoms with Crippen LogP contribution in [0.15, 0.2) is 24.4 Å². The fourth-order valence-corrected chi connectivity index (χ4v) is 2.37. The second-order valence-corrected chi connectivity index (χ2v) is 4.57. The molecule has 1 unspecified atom stereocenters. The summed E-state index contributed by atoms with van der Waals surface area (Å²) in [5.74, 6) is 0. The SMILES string of the molecule is CNC(Cc1ccccn1)c1c(C)nn(C)c1C. The van der Waals surface area contributed by atoms with E-state index in [2.05, 4.69) is 35.3 Å². The summed E-state index contributed by atoms with van der Waals surface area (Å²) in [5.41, 5.74) is 4.68. The first kappa shape index (κ1) is 12.8. The molecule has 2 heterocycles. The van der Waals surface area contributed by atoms with E-state index < -0.39 is 0 Å². The van der Waals surface area contributed by atoms with E-state index in [0.717, 1.165) is 17.8 Å². The van der Waals surface area contributed by atoms with Crippen LogP contribution in [0.25, 0.3) is 0 Å². The molecule has 1 N–H and O–H groups in total. The van der Waals surface area contributed by atoms with Crippen LogP contribution in [0.3, 0.4) is 0 Å². The summed E-state index contributed by atoms with van der Waals surface area (Å²) in [6, 6.07) is 6.29. The topological polar surface area (TPSA) is 42.7 Å². The second kappa shape index (κ2) is 5.31. The third kappa shape index (κ3) is 2.43. The van der Waals surface area contributed by atoms with Crippen LogP contribution in [0.1, 0.15) is 28.7 Å². The molecule has 0 aliphatic carbocycles. The van der Waals surface area contributed by atoms with Gasteiger partial charge in [-0.3, -0.25) is 9.67 Å². The van der Waals surface area contributed by atoms with Gasteiger partial charge in [-0.15, -0.1) is 0 Å². The van der Waals surface area contributed by atoms with Gasteiger partial charge in [0.2, 0.25) is 0 Å². The first-order valence-corrected chi connectivity index (χ1v) is 6.20. The zero-order chi connectivity index (χ0) is 13.1. The van der Waals surface area contributed by atoms with Crippen LogP contribution in [0.2, 0.25) is 0 Å². The van der Waals surface area contributed by atoms with E-state index in [9.17, 15) is 0 Å². The molecule has 0 bridgehead atoms. The molecule has 18 heavy (non-hydrogen) atoms. The molecule has 2 aromatic heterocycles. The van der Waals surface area contributed by atoms with Crippen molar-refractivity contribution in [1.29, 1.82) is 0 Å². The zero-order valence-corrected chi connectivity index (χ0v) is 11.4. The van der Waals surface area contributed by atoms with Gasteiger partial charge in [0, 0.05) is 42.7 Å². The van der Waals surface area contributed by atoms with Crippen molar-refractivity contribution in [2.45, 2.75) is 26.3 Å². The molecule has 0 aliphatic rings. The number of likely N-dealkylation sites (N-methyl/N-ethyl adjacent to an activating group) is 1. The van der Waals surface area contributed by atoms with Gasteiger partial charge in [-0.1, -0.05) is 6.07 Å². The van der Waals surface area contributed by atoms with Crippen LogP contribution >= 0.6 is 0 Å². The molecule has 4 heteroatoms. The highest BCUT2D eigenvalue weighted by Crippen LogP contribution is 2.23. The van der Waals surface area contributed by atoms with Crippen molar-refractivity contribution in [2.75, 3.05) is 7.05 Å². The number of nitrogens with one attached hydrogen (secondary N) is 1. The number of aryl methyl sites for hydroxylation is 2. The van der Waals surface area contributed by atoms with E-state index in [1.54, 1.807) is 0 Å². The Morgan fingerprint density at radius 1 is 1.33 bits per heavy atom. The normalized spacial score (nSPS) is 12.7. The molecule has 0 aromatic carbocycles. The molecule has 0 saturated heterocycles. The largest absolute Gasteiger partial charge is 0.313 e. The number of nitrogens with zero attached hydrogens (tertiary/aromatic N) is 3. The van der Waals surface area contributed by atoms with Gasteiger partial charge >= 0.3 is 0 Å². The number of aromatic nitrogens is 3. The van der Waals surface area contributed by atoms with Gasteiger partial charge < -0.3 is 5.32 Å². The van der Waals surface area contributed by atoms with E-state index in [0.29, 0.717) is 0 Å². The number of hydrogen-bond donors (Lipinski definition) is 1. The lowest BCUT2D eigenvalue weighted by molar-refractivity contribution is 0.577. The Morgan fingerprint density at radius 3 is 2.61 bits per heavy atom. The van der Waals surface area contributed by atoms with E-state index in [4.69, 9.17) is 0 Å². The molecule has 0 saturated carbocycles. The molecule has 0 fully saturated rings. The summed E-state index contributed by atoms with van der Waals surface area (Å²) in [4.78, 5) is 4.39. The average molecular weight is 244 g/mol. The Labute approximate surface area is 108 Å². The Balaban J connectivity index is 2.29. The van der Waals surface area contributed by atoms with Crippen molar-refractivity contribution in [3.63, 3.8) is 0 Å². The van der Waals surface area contributed by atoms with Crippen molar-refractivity contribution in [3.05, 3.63) is 47.0 Å². The molecule has 0 spiro atoms. The summed E-state index contributed by atoms with van der Waals surface area (Å²) in [6.07, 6.45) is 2.72. The monoisotopic (exact) mass is 244 g/mol. The maximum absolute atomic E-state index is 4.48. The molecule has 0 radical (unpaired) electrons. The maximum atomic E-state index is 4.48. The van der Waals surface area contributed by atoms with Crippen LogP contribution in [0, 0.1) is 13.8 Å². The average Bonchev–Trinajstić information content (AvgIpc) is 2.62. The standard InChI is InChI=1S/C14H20N4/c1-10-14(11(2)18(4)17-10)13(15-3)9-12-7-5-6-8-16-12/h5-8,13,15H,9H2,1-4H3. The molecule has 96 valence electrons. The van der Waals surface area contributed by atoms with Crippen LogP contribution in [-0.2, 0) is 13.5 Å². The molecule has 0 aliphatic heterocycles. The summed E-state index contributed by atoms with van der Waals surface area (Å²) in [7, 11) is 3.97. The van der Waals surface area contributed by atoms with E-state index >= 15 is 0 Å². The third-order valence-corrected chi connectivity index (χ3v) is 3.40. The Hall–Kier alpha value is -1.68. The Morgan fingerprint density at radius 2 is 2.11 bits per heavy atom. The fourth-order valence-electron chi connectivity index (χ4n) is 2.37. The number of hydrogen-bond acceptors (Lipinski definition) is 3. The van der Waals surface area contributed by atoms with Gasteiger partial charge in [-0.2, -0.15) is 5.10 Å². The highest BCUT2D eigenvalue weighted by molar-refractivity contribution is 5.29. The van der Waals surface area contributed by atoms with Gasteiger partial charge in [0.25, 0.3) is 0 Å². The van der Waals surface area contributed by atoms with Gasteiger partial charge in [-0.05, 0) is 33.0 Å². The van der Waals surface area contributed by atoms with Crippen LogP contribution in [0.5, 0.6) is 0 Å². The highest BCUT2D eigenvalue weighted by atomic mass is 15.3. The van der Waals surface area contributed by atoms with Crippen molar-refractivity contribution >= 4 is 0 Å². The highest BCUT2D eigenvalue weighted by Gasteiger charge is 2.19. The zero-order valence-electron chi connectivity index (χ0n) is 11.4. The van der Waals surface area contributed by atoms with Crippen molar-refractivity contribution in [1.82, 2.24) is 20.1 Å². The van der Waals surface area contributed by atoms with Crippen LogP contribution < -0.4 is 5.32 Å². The molecule has 2 rings (SSSR count). The minimum absolute atomic E-state index is 0.258.